The summed E-state index contributed by atoms with van der Waals surface area (Å²) >= 11 is 0. The topological polar surface area (TPSA) is 63.6 Å². The number of ketones is 1. The Morgan fingerprint density at radius 2 is 2.25 bits per heavy atom. The van der Waals surface area contributed by atoms with Crippen molar-refractivity contribution in [1.82, 2.24) is 0 Å². The molecule has 1 N–H and O–H groups in total. The molecule has 1 aliphatic carbocycles. The van der Waals surface area contributed by atoms with Gasteiger partial charge in [0.25, 0.3) is 0 Å². The van der Waals surface area contributed by atoms with Crippen molar-refractivity contribution in [3.05, 3.63) is 0 Å². The molecular formula is C8H12O4. The van der Waals surface area contributed by atoms with E-state index in [-0.39, 0.29) is 18.6 Å². The molecule has 1 fully saturated rings. The van der Waals surface area contributed by atoms with E-state index in [4.69, 9.17) is 5.11 Å². The van der Waals surface area contributed by atoms with Crippen molar-refractivity contribution in [1.29, 1.82) is 0 Å². The van der Waals surface area contributed by atoms with E-state index in [1.165, 1.54) is 7.11 Å². The molecule has 1 rings (SSSR count). The Morgan fingerprint density at radius 3 is 2.75 bits per heavy atom. The second-order valence-electron chi connectivity index (χ2n) is 3.06. The quantitative estimate of drug-likeness (QED) is 0.560. The van der Waals surface area contributed by atoms with E-state index in [1.807, 2.05) is 0 Å². The number of esters is 1. The first-order valence-corrected chi connectivity index (χ1v) is 3.91. The summed E-state index contributed by atoms with van der Waals surface area (Å²) in [7, 11) is 1.29. The van der Waals surface area contributed by atoms with Crippen LogP contribution in [-0.4, -0.2) is 30.1 Å². The van der Waals surface area contributed by atoms with E-state index in [0.29, 0.717) is 6.42 Å². The van der Waals surface area contributed by atoms with E-state index in [0.717, 1.165) is 0 Å². The molecule has 0 aromatic rings. The van der Waals surface area contributed by atoms with Gasteiger partial charge >= 0.3 is 5.97 Å². The summed E-state index contributed by atoms with van der Waals surface area (Å²) in [5.41, 5.74) is 0. The molecule has 0 bridgehead atoms. The molecular weight excluding hydrogens is 160 g/mol. The third-order valence-corrected chi connectivity index (χ3v) is 2.03. The molecule has 0 spiro atoms. The van der Waals surface area contributed by atoms with Crippen LogP contribution >= 0.6 is 0 Å². The third-order valence-electron chi connectivity index (χ3n) is 2.03. The van der Waals surface area contributed by atoms with Crippen LogP contribution in [0.5, 0.6) is 0 Å². The highest BCUT2D eigenvalue weighted by Crippen LogP contribution is 2.22. The molecule has 0 heterocycles. The molecule has 0 saturated heterocycles. The van der Waals surface area contributed by atoms with Crippen LogP contribution in [0.2, 0.25) is 0 Å². The number of ether oxygens (including phenoxy) is 1. The van der Waals surface area contributed by atoms with Gasteiger partial charge in [-0.1, -0.05) is 0 Å². The molecule has 4 heteroatoms. The number of aliphatic hydroxyl groups excluding tert-OH is 1. The minimum absolute atomic E-state index is 0.0656. The number of carbonyl (C=O) groups excluding carboxylic acids is 2. The van der Waals surface area contributed by atoms with Gasteiger partial charge in [-0.2, -0.15) is 0 Å². The van der Waals surface area contributed by atoms with Crippen molar-refractivity contribution in [3.8, 4) is 0 Å². The average Bonchev–Trinajstić information content (AvgIpc) is 2.01. The lowest BCUT2D eigenvalue weighted by Crippen LogP contribution is -2.31. The highest BCUT2D eigenvalue weighted by molar-refractivity contribution is 5.86. The Morgan fingerprint density at radius 1 is 1.58 bits per heavy atom. The Bertz CT molecular complexity index is 199. The number of aliphatic hydroxyl groups is 1. The molecule has 0 aromatic carbocycles. The molecule has 1 saturated carbocycles. The van der Waals surface area contributed by atoms with Gasteiger partial charge in [0.1, 0.15) is 5.78 Å². The zero-order valence-corrected chi connectivity index (χ0v) is 6.95. The number of methoxy groups -OCH3 is 1. The maximum Gasteiger partial charge on any atom is 0.309 e. The number of hydrogen-bond acceptors (Lipinski definition) is 4. The normalized spacial score (nSPS) is 30.0. The average molecular weight is 172 g/mol. The van der Waals surface area contributed by atoms with Gasteiger partial charge in [0.05, 0.1) is 19.1 Å². The van der Waals surface area contributed by atoms with Crippen molar-refractivity contribution < 1.29 is 19.4 Å². The third kappa shape index (κ3) is 2.04. The fraction of sp³-hybridized carbons (Fsp3) is 0.750. The Kier molecular flexibility index (Phi) is 2.81. The fourth-order valence-corrected chi connectivity index (χ4v) is 1.46. The number of rotatable bonds is 1. The molecule has 4 nitrogen and oxygen atoms in total. The lowest BCUT2D eigenvalue weighted by Gasteiger charge is -2.22. The smallest absolute Gasteiger partial charge is 0.309 e. The van der Waals surface area contributed by atoms with Crippen molar-refractivity contribution >= 4 is 11.8 Å². The van der Waals surface area contributed by atoms with Gasteiger partial charge in [-0.15, -0.1) is 0 Å². The zero-order chi connectivity index (χ0) is 9.14. The van der Waals surface area contributed by atoms with Crippen LogP contribution in [0, 0.1) is 5.92 Å². The van der Waals surface area contributed by atoms with E-state index < -0.39 is 18.0 Å². The fourth-order valence-electron chi connectivity index (χ4n) is 1.46. The van der Waals surface area contributed by atoms with Crippen LogP contribution in [0.1, 0.15) is 19.3 Å². The van der Waals surface area contributed by atoms with E-state index in [2.05, 4.69) is 4.74 Å². The summed E-state index contributed by atoms with van der Waals surface area (Å²) in [6, 6.07) is 0. The Hall–Kier alpha value is -0.900. The predicted molar refractivity (Wildman–Crippen MR) is 40.4 cm³/mol. The molecule has 12 heavy (non-hydrogen) atoms. The molecule has 1 aliphatic rings. The minimum Gasteiger partial charge on any atom is -0.469 e. The zero-order valence-electron chi connectivity index (χ0n) is 6.95. The van der Waals surface area contributed by atoms with Crippen molar-refractivity contribution in [2.24, 2.45) is 5.92 Å². The maximum atomic E-state index is 11.0. The molecule has 68 valence electrons. The monoisotopic (exact) mass is 172 g/mol. The second kappa shape index (κ2) is 3.67. The molecule has 0 aromatic heterocycles. The molecule has 0 amide bonds. The van der Waals surface area contributed by atoms with Crippen molar-refractivity contribution in [2.75, 3.05) is 7.11 Å². The van der Waals surface area contributed by atoms with Gasteiger partial charge in [0, 0.05) is 12.8 Å². The number of carbonyl (C=O) groups is 2. The first-order valence-electron chi connectivity index (χ1n) is 3.91. The van der Waals surface area contributed by atoms with Crippen LogP contribution in [0.3, 0.4) is 0 Å². The predicted octanol–water partition coefficient (Wildman–Crippen LogP) is -0.111. The number of hydrogen-bond donors (Lipinski definition) is 1. The van der Waals surface area contributed by atoms with Gasteiger partial charge < -0.3 is 9.84 Å². The SMILES string of the molecule is COC(=O)[C@@H]1CC(=O)C[C@H](O)C1. The van der Waals surface area contributed by atoms with Crippen LogP contribution in [0.25, 0.3) is 0 Å². The van der Waals surface area contributed by atoms with E-state index in [1.54, 1.807) is 0 Å². The van der Waals surface area contributed by atoms with Crippen LogP contribution in [0.4, 0.5) is 0 Å². The lowest BCUT2D eigenvalue weighted by atomic mass is 9.86. The Balaban J connectivity index is 2.55. The highest BCUT2D eigenvalue weighted by atomic mass is 16.5. The van der Waals surface area contributed by atoms with Crippen LogP contribution < -0.4 is 0 Å². The van der Waals surface area contributed by atoms with Crippen LogP contribution in [-0.2, 0) is 14.3 Å². The second-order valence-corrected chi connectivity index (χ2v) is 3.06. The summed E-state index contributed by atoms with van der Waals surface area (Å²) in [5.74, 6) is -0.905. The van der Waals surface area contributed by atoms with E-state index >= 15 is 0 Å². The van der Waals surface area contributed by atoms with Crippen molar-refractivity contribution in [2.45, 2.75) is 25.4 Å². The van der Waals surface area contributed by atoms with Crippen molar-refractivity contribution in [3.63, 3.8) is 0 Å². The molecule has 0 unspecified atom stereocenters. The largest absolute Gasteiger partial charge is 0.469 e. The summed E-state index contributed by atoms with van der Waals surface area (Å²) in [6.07, 6.45) is 0.0608. The molecule has 2 atom stereocenters. The molecule has 0 aliphatic heterocycles. The van der Waals surface area contributed by atoms with Crippen LogP contribution in [0.15, 0.2) is 0 Å². The minimum atomic E-state index is -0.671. The van der Waals surface area contributed by atoms with Gasteiger partial charge in [0.2, 0.25) is 0 Å². The Labute approximate surface area is 70.5 Å². The van der Waals surface area contributed by atoms with Gasteiger partial charge in [-0.05, 0) is 6.42 Å². The molecule has 0 radical (unpaired) electrons. The first-order chi connectivity index (χ1) is 5.63. The standard InChI is InChI=1S/C8H12O4/c1-12-8(11)5-2-6(9)4-7(10)3-5/h5-6,9H,2-4H2,1H3/t5-,6+/m0/s1. The number of Topliss-reactive ketones (excluding diaryl/α,β-unsaturated/α-hetero) is 1. The summed E-state index contributed by atoms with van der Waals surface area (Å²) in [5, 5.41) is 9.17. The van der Waals surface area contributed by atoms with Gasteiger partial charge in [-0.25, -0.2) is 0 Å². The van der Waals surface area contributed by atoms with Gasteiger partial charge in [-0.3, -0.25) is 9.59 Å². The summed E-state index contributed by atoms with van der Waals surface area (Å²) < 4.78 is 4.48. The van der Waals surface area contributed by atoms with E-state index in [9.17, 15) is 9.59 Å². The summed E-state index contributed by atoms with van der Waals surface area (Å²) in [6.45, 7) is 0. The first kappa shape index (κ1) is 9.19. The maximum absolute atomic E-state index is 11.0. The van der Waals surface area contributed by atoms with Gasteiger partial charge in [0.15, 0.2) is 0 Å². The lowest BCUT2D eigenvalue weighted by molar-refractivity contribution is -0.150. The summed E-state index contributed by atoms with van der Waals surface area (Å²) in [4.78, 5) is 21.9. The highest BCUT2D eigenvalue weighted by Gasteiger charge is 2.31.